The highest BCUT2D eigenvalue weighted by Gasteiger charge is 2.19. The number of amides is 1. The van der Waals surface area contributed by atoms with E-state index in [-0.39, 0.29) is 5.91 Å². The van der Waals surface area contributed by atoms with E-state index in [4.69, 9.17) is 4.74 Å². The first-order valence-electron chi connectivity index (χ1n) is 7.35. The summed E-state index contributed by atoms with van der Waals surface area (Å²) in [6.45, 7) is 1.99. The maximum atomic E-state index is 11.5. The van der Waals surface area contributed by atoms with Gasteiger partial charge in [0.1, 0.15) is 0 Å². The molecule has 22 heavy (non-hydrogen) atoms. The largest absolute Gasteiger partial charge is 0.374 e. The van der Waals surface area contributed by atoms with Crippen molar-refractivity contribution in [1.29, 1.82) is 0 Å². The Labute approximate surface area is 129 Å². The number of hydrogen-bond donors (Lipinski definition) is 2. The summed E-state index contributed by atoms with van der Waals surface area (Å²) in [4.78, 5) is 11.5. The minimum absolute atomic E-state index is 0.0500. The second-order valence-corrected chi connectivity index (χ2v) is 5.38. The van der Waals surface area contributed by atoms with Gasteiger partial charge in [0.15, 0.2) is 0 Å². The van der Waals surface area contributed by atoms with Crippen LogP contribution in [0, 0.1) is 0 Å². The summed E-state index contributed by atoms with van der Waals surface area (Å²) in [7, 11) is 3.82. The molecule has 0 bridgehead atoms. The summed E-state index contributed by atoms with van der Waals surface area (Å²) in [5, 5.41) is 10.2. The third kappa shape index (κ3) is 2.88. The van der Waals surface area contributed by atoms with Crippen molar-refractivity contribution in [2.24, 2.45) is 7.05 Å². The van der Waals surface area contributed by atoms with Gasteiger partial charge in [-0.05, 0) is 30.3 Å². The quantitative estimate of drug-likeness (QED) is 0.790. The van der Waals surface area contributed by atoms with E-state index in [1.165, 1.54) is 0 Å². The molecule has 0 saturated heterocycles. The number of fused-ring (bicyclic) bond motifs is 1. The molecular weight excluding hydrogens is 280 g/mol. The second-order valence-electron chi connectivity index (χ2n) is 5.38. The van der Waals surface area contributed by atoms with Gasteiger partial charge in [0.05, 0.1) is 31.5 Å². The van der Waals surface area contributed by atoms with Crippen LogP contribution in [0.25, 0.3) is 11.1 Å². The monoisotopic (exact) mass is 300 g/mol. The van der Waals surface area contributed by atoms with Gasteiger partial charge in [0.25, 0.3) is 0 Å². The van der Waals surface area contributed by atoms with Gasteiger partial charge in [0, 0.05) is 24.8 Å². The minimum Gasteiger partial charge on any atom is -0.374 e. The molecule has 0 atom stereocenters. The molecule has 0 aliphatic carbocycles. The minimum atomic E-state index is 0.0500. The molecular formula is C16H20N4O2. The number of anilines is 1. The highest BCUT2D eigenvalue weighted by atomic mass is 16.5. The fourth-order valence-corrected chi connectivity index (χ4v) is 2.62. The molecule has 0 radical (unpaired) electrons. The van der Waals surface area contributed by atoms with Crippen molar-refractivity contribution in [2.75, 3.05) is 25.5 Å². The Morgan fingerprint density at radius 3 is 3.14 bits per heavy atom. The van der Waals surface area contributed by atoms with Crippen LogP contribution >= 0.6 is 0 Å². The molecule has 116 valence electrons. The molecule has 1 amide bonds. The zero-order chi connectivity index (χ0) is 15.5. The molecule has 0 fully saturated rings. The Hall–Kier alpha value is -2.18. The van der Waals surface area contributed by atoms with Gasteiger partial charge < -0.3 is 15.4 Å². The summed E-state index contributed by atoms with van der Waals surface area (Å²) in [6.07, 6.45) is 2.29. The molecule has 0 unspecified atom stereocenters. The van der Waals surface area contributed by atoms with Crippen molar-refractivity contribution >= 4 is 11.6 Å². The second kappa shape index (κ2) is 6.29. The van der Waals surface area contributed by atoms with Crippen LogP contribution in [0.3, 0.4) is 0 Å². The first kappa shape index (κ1) is 14.7. The average Bonchev–Trinajstić information content (AvgIpc) is 3.05. The summed E-state index contributed by atoms with van der Waals surface area (Å²) < 4.78 is 7.52. The van der Waals surface area contributed by atoms with Crippen molar-refractivity contribution in [3.8, 4) is 11.1 Å². The first-order valence-corrected chi connectivity index (χ1v) is 7.35. The molecule has 2 heterocycles. The first-order chi connectivity index (χ1) is 10.7. The van der Waals surface area contributed by atoms with Crippen LogP contribution in [-0.4, -0.2) is 35.9 Å². The number of rotatable bonds is 6. The maximum Gasteiger partial charge on any atom is 0.228 e. The number of ether oxygens (including phenoxy) is 1. The topological polar surface area (TPSA) is 68.2 Å². The van der Waals surface area contributed by atoms with E-state index in [2.05, 4.69) is 21.8 Å². The number of nitrogens with zero attached hydrogens (tertiary/aromatic N) is 2. The molecule has 0 saturated carbocycles. The van der Waals surface area contributed by atoms with Gasteiger partial charge in [-0.15, -0.1) is 0 Å². The van der Waals surface area contributed by atoms with E-state index in [0.717, 1.165) is 34.6 Å². The third-order valence-corrected chi connectivity index (χ3v) is 3.84. The molecule has 1 aromatic carbocycles. The van der Waals surface area contributed by atoms with Crippen LogP contribution in [0.15, 0.2) is 24.4 Å². The van der Waals surface area contributed by atoms with Crippen LogP contribution in [0.5, 0.6) is 0 Å². The van der Waals surface area contributed by atoms with Crippen molar-refractivity contribution in [3.05, 3.63) is 35.7 Å². The number of aryl methyl sites for hydroxylation is 1. The molecule has 2 aromatic rings. The van der Waals surface area contributed by atoms with Gasteiger partial charge in [-0.3, -0.25) is 9.48 Å². The molecule has 2 N–H and O–H groups in total. The number of benzene rings is 1. The van der Waals surface area contributed by atoms with Gasteiger partial charge >= 0.3 is 0 Å². The lowest BCUT2D eigenvalue weighted by Crippen LogP contribution is -2.14. The SMILES string of the molecule is CNCCOCc1c(-c2ccc3c(c2)CC(=O)N3)cnn1C. The normalized spacial score (nSPS) is 13.3. The van der Waals surface area contributed by atoms with Crippen molar-refractivity contribution < 1.29 is 9.53 Å². The third-order valence-electron chi connectivity index (χ3n) is 3.84. The average molecular weight is 300 g/mol. The van der Waals surface area contributed by atoms with E-state index in [9.17, 15) is 4.79 Å². The molecule has 3 rings (SSSR count). The number of carbonyl (C=O) groups is 1. The van der Waals surface area contributed by atoms with E-state index >= 15 is 0 Å². The summed E-state index contributed by atoms with van der Waals surface area (Å²) >= 11 is 0. The van der Waals surface area contributed by atoms with Gasteiger partial charge in [0.2, 0.25) is 5.91 Å². The number of carbonyl (C=O) groups excluding carboxylic acids is 1. The Balaban J connectivity index is 1.83. The molecule has 6 nitrogen and oxygen atoms in total. The Morgan fingerprint density at radius 2 is 2.32 bits per heavy atom. The van der Waals surface area contributed by atoms with E-state index in [1.807, 2.05) is 37.1 Å². The molecule has 6 heteroatoms. The number of likely N-dealkylation sites (N-methyl/N-ethyl adjacent to an activating group) is 1. The van der Waals surface area contributed by atoms with Crippen molar-refractivity contribution in [2.45, 2.75) is 13.0 Å². The summed E-state index contributed by atoms with van der Waals surface area (Å²) in [5.74, 6) is 0.0500. The summed E-state index contributed by atoms with van der Waals surface area (Å²) in [6, 6.07) is 6.02. The number of hydrogen-bond acceptors (Lipinski definition) is 4. The highest BCUT2D eigenvalue weighted by molar-refractivity contribution is 5.99. The highest BCUT2D eigenvalue weighted by Crippen LogP contribution is 2.30. The lowest BCUT2D eigenvalue weighted by molar-refractivity contribution is -0.115. The van der Waals surface area contributed by atoms with Crippen molar-refractivity contribution in [3.63, 3.8) is 0 Å². The lowest BCUT2D eigenvalue weighted by atomic mass is 10.0. The van der Waals surface area contributed by atoms with Crippen LogP contribution in [0.4, 0.5) is 5.69 Å². The zero-order valence-electron chi connectivity index (χ0n) is 12.8. The number of nitrogens with one attached hydrogen (secondary N) is 2. The fraction of sp³-hybridized carbons (Fsp3) is 0.375. The fourth-order valence-electron chi connectivity index (χ4n) is 2.62. The smallest absolute Gasteiger partial charge is 0.228 e. The van der Waals surface area contributed by atoms with Crippen LogP contribution < -0.4 is 10.6 Å². The van der Waals surface area contributed by atoms with E-state index < -0.39 is 0 Å². The Morgan fingerprint density at radius 1 is 1.45 bits per heavy atom. The van der Waals surface area contributed by atoms with E-state index in [1.54, 1.807) is 0 Å². The van der Waals surface area contributed by atoms with Crippen LogP contribution in [0.2, 0.25) is 0 Å². The van der Waals surface area contributed by atoms with Crippen LogP contribution in [0.1, 0.15) is 11.3 Å². The van der Waals surface area contributed by atoms with Gasteiger partial charge in [-0.25, -0.2) is 0 Å². The Bertz CT molecular complexity index is 693. The van der Waals surface area contributed by atoms with Gasteiger partial charge in [-0.1, -0.05) is 6.07 Å². The summed E-state index contributed by atoms with van der Waals surface area (Å²) in [5.41, 5.74) is 5.09. The van der Waals surface area contributed by atoms with Gasteiger partial charge in [-0.2, -0.15) is 5.10 Å². The maximum absolute atomic E-state index is 11.5. The molecule has 1 aliphatic rings. The standard InChI is InChI=1S/C16H20N4O2/c1-17-5-6-22-10-15-13(9-18-20(15)2)11-3-4-14-12(7-11)8-16(21)19-14/h3-4,7,9,17H,5-6,8,10H2,1-2H3,(H,19,21). The number of aromatic nitrogens is 2. The molecule has 1 aliphatic heterocycles. The molecule has 0 spiro atoms. The predicted octanol–water partition coefficient (Wildman–Crippen LogP) is 1.32. The predicted molar refractivity (Wildman–Crippen MR) is 84.6 cm³/mol. The Kier molecular flexibility index (Phi) is 4.22. The zero-order valence-corrected chi connectivity index (χ0v) is 12.8. The lowest BCUT2D eigenvalue weighted by Gasteiger charge is -2.09. The van der Waals surface area contributed by atoms with Crippen molar-refractivity contribution in [1.82, 2.24) is 15.1 Å². The molecule has 1 aromatic heterocycles. The van der Waals surface area contributed by atoms with Crippen LogP contribution in [-0.2, 0) is 29.6 Å². The van der Waals surface area contributed by atoms with E-state index in [0.29, 0.717) is 19.6 Å².